The van der Waals surface area contributed by atoms with Gasteiger partial charge in [-0.1, -0.05) is 30.3 Å². The lowest BCUT2D eigenvalue weighted by molar-refractivity contribution is -0.121. The smallest absolute Gasteiger partial charge is 0.234 e. The third-order valence-corrected chi connectivity index (χ3v) is 2.69. The second-order valence-electron chi connectivity index (χ2n) is 4.44. The molecule has 1 rings (SSSR count). The van der Waals surface area contributed by atoms with Crippen LogP contribution in [0.2, 0.25) is 0 Å². The van der Waals surface area contributed by atoms with Gasteiger partial charge in [0.15, 0.2) is 0 Å². The van der Waals surface area contributed by atoms with Crippen molar-refractivity contribution in [1.29, 1.82) is 0 Å². The molecular weight excluding hydrogens is 228 g/mol. The fraction of sp³-hybridized carbons (Fsp3) is 0.500. The first-order chi connectivity index (χ1) is 8.63. The number of nitrogens with one attached hydrogen (secondary N) is 2. The van der Waals surface area contributed by atoms with E-state index in [1.54, 1.807) is 7.11 Å². The van der Waals surface area contributed by atoms with Crippen LogP contribution in [0.4, 0.5) is 0 Å². The zero-order chi connectivity index (χ0) is 13.4. The average Bonchev–Trinajstić information content (AvgIpc) is 2.37. The Morgan fingerprint density at radius 2 is 1.94 bits per heavy atom. The summed E-state index contributed by atoms with van der Waals surface area (Å²) in [5.41, 5.74) is 1.18. The summed E-state index contributed by atoms with van der Waals surface area (Å²) < 4.78 is 4.96. The molecule has 4 heteroatoms. The zero-order valence-electron chi connectivity index (χ0n) is 11.3. The number of benzene rings is 1. The minimum atomic E-state index is -0.0117. The maximum Gasteiger partial charge on any atom is 0.234 e. The third-order valence-electron chi connectivity index (χ3n) is 2.69. The van der Waals surface area contributed by atoms with Gasteiger partial charge in [0, 0.05) is 19.2 Å². The molecular formula is C14H22N2O2. The van der Waals surface area contributed by atoms with Crippen molar-refractivity contribution in [2.24, 2.45) is 0 Å². The molecule has 0 aliphatic heterocycles. The molecule has 0 aromatic heterocycles. The quantitative estimate of drug-likeness (QED) is 0.771. The van der Waals surface area contributed by atoms with Crippen molar-refractivity contribution in [2.75, 3.05) is 20.3 Å². The molecule has 0 heterocycles. The Morgan fingerprint density at radius 1 is 1.28 bits per heavy atom. The summed E-state index contributed by atoms with van der Waals surface area (Å²) in [5.74, 6) is -0.0117. The van der Waals surface area contributed by atoms with Crippen molar-refractivity contribution < 1.29 is 9.53 Å². The van der Waals surface area contributed by atoms with Gasteiger partial charge in [-0.15, -0.1) is 0 Å². The molecule has 2 N–H and O–H groups in total. The lowest BCUT2D eigenvalue weighted by Gasteiger charge is -2.16. The maximum absolute atomic E-state index is 11.6. The summed E-state index contributed by atoms with van der Waals surface area (Å²) in [5, 5.41) is 6.05. The summed E-state index contributed by atoms with van der Waals surface area (Å²) >= 11 is 0. The standard InChI is InChI=1S/C14H22N2O2/c1-11(10-18-3)16-14(17)9-15-12(2)13-7-5-4-6-8-13/h4-8,11-12,15H,9-10H2,1-3H3,(H,16,17)/t11?,12-/m1/s1. The number of hydrogen-bond donors (Lipinski definition) is 2. The SMILES string of the molecule is COCC(C)NC(=O)CN[C@H](C)c1ccccc1. The van der Waals surface area contributed by atoms with Crippen LogP contribution in [-0.4, -0.2) is 32.2 Å². The topological polar surface area (TPSA) is 50.4 Å². The van der Waals surface area contributed by atoms with Gasteiger partial charge in [0.05, 0.1) is 13.2 Å². The zero-order valence-corrected chi connectivity index (χ0v) is 11.3. The van der Waals surface area contributed by atoms with Gasteiger partial charge in [0.2, 0.25) is 5.91 Å². The number of hydrogen-bond acceptors (Lipinski definition) is 3. The fourth-order valence-electron chi connectivity index (χ4n) is 1.72. The van der Waals surface area contributed by atoms with Crippen LogP contribution in [0, 0.1) is 0 Å². The van der Waals surface area contributed by atoms with Crippen molar-refractivity contribution in [3.63, 3.8) is 0 Å². The molecule has 1 unspecified atom stereocenters. The van der Waals surface area contributed by atoms with Gasteiger partial charge in [-0.3, -0.25) is 4.79 Å². The molecule has 1 amide bonds. The first-order valence-corrected chi connectivity index (χ1v) is 6.20. The molecule has 0 aliphatic rings. The second kappa shape index (κ2) is 7.84. The molecule has 0 radical (unpaired) electrons. The van der Waals surface area contributed by atoms with E-state index in [2.05, 4.69) is 10.6 Å². The van der Waals surface area contributed by atoms with Gasteiger partial charge in [-0.2, -0.15) is 0 Å². The summed E-state index contributed by atoms with van der Waals surface area (Å²) in [4.78, 5) is 11.6. The van der Waals surface area contributed by atoms with Gasteiger partial charge in [-0.25, -0.2) is 0 Å². The van der Waals surface area contributed by atoms with Gasteiger partial charge in [0.1, 0.15) is 0 Å². The van der Waals surface area contributed by atoms with Crippen LogP contribution in [0.25, 0.3) is 0 Å². The molecule has 18 heavy (non-hydrogen) atoms. The molecule has 0 saturated carbocycles. The van der Waals surface area contributed by atoms with Gasteiger partial charge in [0.25, 0.3) is 0 Å². The Kier molecular flexibility index (Phi) is 6.39. The molecule has 2 atom stereocenters. The van der Waals surface area contributed by atoms with E-state index in [1.807, 2.05) is 44.2 Å². The van der Waals surface area contributed by atoms with Crippen molar-refractivity contribution >= 4 is 5.91 Å². The maximum atomic E-state index is 11.6. The fourth-order valence-corrected chi connectivity index (χ4v) is 1.72. The number of carbonyl (C=O) groups is 1. The Hall–Kier alpha value is -1.39. The highest BCUT2D eigenvalue weighted by Crippen LogP contribution is 2.10. The predicted molar refractivity (Wildman–Crippen MR) is 72.3 cm³/mol. The van der Waals surface area contributed by atoms with Crippen LogP contribution in [0.15, 0.2) is 30.3 Å². The molecule has 0 bridgehead atoms. The summed E-state index contributed by atoms with van der Waals surface area (Å²) in [6, 6.07) is 10.3. The highest BCUT2D eigenvalue weighted by molar-refractivity contribution is 5.78. The molecule has 100 valence electrons. The van der Waals surface area contributed by atoms with Crippen LogP contribution in [0.5, 0.6) is 0 Å². The van der Waals surface area contributed by atoms with E-state index in [4.69, 9.17) is 4.74 Å². The summed E-state index contributed by atoms with van der Waals surface area (Å²) in [6.07, 6.45) is 0. The second-order valence-corrected chi connectivity index (χ2v) is 4.44. The number of amides is 1. The van der Waals surface area contributed by atoms with Crippen molar-refractivity contribution in [3.05, 3.63) is 35.9 Å². The molecule has 1 aromatic carbocycles. The molecule has 0 spiro atoms. The Bertz CT molecular complexity index is 354. The lowest BCUT2D eigenvalue weighted by atomic mass is 10.1. The van der Waals surface area contributed by atoms with E-state index in [1.165, 1.54) is 5.56 Å². The minimum Gasteiger partial charge on any atom is -0.383 e. The van der Waals surface area contributed by atoms with Crippen molar-refractivity contribution in [3.8, 4) is 0 Å². The number of methoxy groups -OCH3 is 1. The van der Waals surface area contributed by atoms with Crippen LogP contribution in [0.3, 0.4) is 0 Å². The molecule has 0 fully saturated rings. The number of rotatable bonds is 7. The first kappa shape index (κ1) is 14.7. The van der Waals surface area contributed by atoms with Crippen LogP contribution < -0.4 is 10.6 Å². The van der Waals surface area contributed by atoms with Crippen LogP contribution in [0.1, 0.15) is 25.5 Å². The Morgan fingerprint density at radius 3 is 2.56 bits per heavy atom. The van der Waals surface area contributed by atoms with Crippen LogP contribution >= 0.6 is 0 Å². The van der Waals surface area contributed by atoms with Crippen LogP contribution in [-0.2, 0) is 9.53 Å². The van der Waals surface area contributed by atoms with E-state index in [0.717, 1.165) is 0 Å². The van der Waals surface area contributed by atoms with Crippen molar-refractivity contribution in [1.82, 2.24) is 10.6 Å². The molecule has 4 nitrogen and oxygen atoms in total. The normalized spacial score (nSPS) is 13.9. The van der Waals surface area contributed by atoms with Gasteiger partial charge >= 0.3 is 0 Å². The van der Waals surface area contributed by atoms with E-state index in [9.17, 15) is 4.79 Å². The Balaban J connectivity index is 2.30. The molecule has 0 aliphatic carbocycles. The monoisotopic (exact) mass is 250 g/mol. The van der Waals surface area contributed by atoms with Gasteiger partial charge in [-0.05, 0) is 19.4 Å². The molecule has 0 saturated heterocycles. The predicted octanol–water partition coefficient (Wildman–Crippen LogP) is 1.49. The van der Waals surface area contributed by atoms with E-state index < -0.39 is 0 Å². The van der Waals surface area contributed by atoms with E-state index in [0.29, 0.717) is 13.2 Å². The summed E-state index contributed by atoms with van der Waals surface area (Å²) in [7, 11) is 1.62. The average molecular weight is 250 g/mol. The Labute approximate surface area is 109 Å². The highest BCUT2D eigenvalue weighted by atomic mass is 16.5. The van der Waals surface area contributed by atoms with E-state index >= 15 is 0 Å². The lowest BCUT2D eigenvalue weighted by Crippen LogP contribution is -2.41. The number of ether oxygens (including phenoxy) is 1. The van der Waals surface area contributed by atoms with Crippen molar-refractivity contribution in [2.45, 2.75) is 25.9 Å². The van der Waals surface area contributed by atoms with E-state index in [-0.39, 0.29) is 18.0 Å². The molecule has 1 aromatic rings. The highest BCUT2D eigenvalue weighted by Gasteiger charge is 2.09. The summed E-state index contributed by atoms with van der Waals surface area (Å²) in [6.45, 7) is 4.80. The largest absolute Gasteiger partial charge is 0.383 e. The minimum absolute atomic E-state index is 0.0117. The first-order valence-electron chi connectivity index (χ1n) is 6.20. The van der Waals surface area contributed by atoms with Gasteiger partial charge < -0.3 is 15.4 Å². The number of carbonyl (C=O) groups excluding carboxylic acids is 1. The third kappa shape index (κ3) is 5.29.